The lowest BCUT2D eigenvalue weighted by Crippen LogP contribution is -2.21. The van der Waals surface area contributed by atoms with E-state index < -0.39 is 17.5 Å². The Hall–Kier alpha value is -2.83. The number of aromatic hydroxyl groups is 1. The SMILES string of the molecule is O=C(O)C(=O)Nc1ccc2c(O)cc(=O)oc2c1. The molecule has 0 aliphatic carbocycles. The van der Waals surface area contributed by atoms with Crippen LogP contribution in [0.5, 0.6) is 5.75 Å². The van der Waals surface area contributed by atoms with Crippen molar-refractivity contribution >= 4 is 28.5 Å². The molecular formula is C11H7NO6. The topological polar surface area (TPSA) is 117 Å². The molecule has 92 valence electrons. The van der Waals surface area contributed by atoms with E-state index in [1.165, 1.54) is 18.2 Å². The van der Waals surface area contributed by atoms with Gasteiger partial charge in [-0.15, -0.1) is 0 Å². The second-order valence-corrected chi connectivity index (χ2v) is 3.42. The van der Waals surface area contributed by atoms with E-state index in [2.05, 4.69) is 5.32 Å². The first-order valence-corrected chi connectivity index (χ1v) is 4.78. The molecule has 0 radical (unpaired) electrons. The lowest BCUT2D eigenvalue weighted by Gasteiger charge is -2.04. The van der Waals surface area contributed by atoms with Gasteiger partial charge in [0.05, 0.1) is 11.5 Å². The van der Waals surface area contributed by atoms with E-state index in [-0.39, 0.29) is 22.4 Å². The molecule has 0 saturated heterocycles. The summed E-state index contributed by atoms with van der Waals surface area (Å²) in [5.41, 5.74) is -0.562. The minimum atomic E-state index is -1.63. The number of carbonyl (C=O) groups is 2. The molecule has 18 heavy (non-hydrogen) atoms. The number of carboxylic acids is 1. The first-order valence-electron chi connectivity index (χ1n) is 4.78. The van der Waals surface area contributed by atoms with Gasteiger partial charge < -0.3 is 19.9 Å². The van der Waals surface area contributed by atoms with Crippen LogP contribution >= 0.6 is 0 Å². The lowest BCUT2D eigenvalue weighted by molar-refractivity contribution is -0.147. The fraction of sp³-hybridized carbons (Fsp3) is 0. The summed E-state index contributed by atoms with van der Waals surface area (Å²) in [6.07, 6.45) is 0. The Morgan fingerprint density at radius 3 is 2.61 bits per heavy atom. The quantitative estimate of drug-likeness (QED) is 0.501. The van der Waals surface area contributed by atoms with Crippen molar-refractivity contribution in [1.82, 2.24) is 0 Å². The second-order valence-electron chi connectivity index (χ2n) is 3.42. The normalized spacial score (nSPS) is 10.2. The highest BCUT2D eigenvalue weighted by molar-refractivity contribution is 6.36. The molecule has 7 heteroatoms. The van der Waals surface area contributed by atoms with E-state index >= 15 is 0 Å². The van der Waals surface area contributed by atoms with E-state index in [0.29, 0.717) is 0 Å². The molecule has 0 fully saturated rings. The van der Waals surface area contributed by atoms with Crippen molar-refractivity contribution in [3.8, 4) is 5.75 Å². The minimum absolute atomic E-state index is 0.0446. The molecule has 7 nitrogen and oxygen atoms in total. The number of hydrogen-bond acceptors (Lipinski definition) is 5. The first-order chi connectivity index (χ1) is 8.47. The van der Waals surface area contributed by atoms with Crippen LogP contribution in [-0.2, 0) is 9.59 Å². The van der Waals surface area contributed by atoms with Crippen LogP contribution in [0.3, 0.4) is 0 Å². The molecule has 2 rings (SSSR count). The van der Waals surface area contributed by atoms with Crippen molar-refractivity contribution in [1.29, 1.82) is 0 Å². The highest BCUT2D eigenvalue weighted by Crippen LogP contribution is 2.24. The summed E-state index contributed by atoms with van der Waals surface area (Å²) in [6, 6.07) is 4.93. The molecule has 0 aliphatic rings. The minimum Gasteiger partial charge on any atom is -0.507 e. The Labute approximate surface area is 99.3 Å². The largest absolute Gasteiger partial charge is 0.507 e. The first kappa shape index (κ1) is 11.6. The number of amides is 1. The number of benzene rings is 1. The smallest absolute Gasteiger partial charge is 0.394 e. The van der Waals surface area contributed by atoms with Gasteiger partial charge in [0, 0.05) is 11.8 Å². The van der Waals surface area contributed by atoms with Gasteiger partial charge in [0.15, 0.2) is 0 Å². The Morgan fingerprint density at radius 1 is 1.22 bits per heavy atom. The Balaban J connectivity index is 2.47. The fourth-order valence-corrected chi connectivity index (χ4v) is 1.41. The van der Waals surface area contributed by atoms with Gasteiger partial charge >= 0.3 is 17.5 Å². The van der Waals surface area contributed by atoms with Crippen LogP contribution in [0, 0.1) is 0 Å². The van der Waals surface area contributed by atoms with Gasteiger partial charge in [0.25, 0.3) is 0 Å². The molecule has 0 aliphatic heterocycles. The molecule has 0 spiro atoms. The standard InChI is InChI=1S/C11H7NO6/c13-7-4-9(14)18-8-3-5(1-2-6(7)8)12-10(15)11(16)17/h1-4,13H,(H,12,15)(H,16,17). The third kappa shape index (κ3) is 2.14. The van der Waals surface area contributed by atoms with Crippen LogP contribution in [0.15, 0.2) is 33.5 Å². The number of carbonyl (C=O) groups excluding carboxylic acids is 1. The summed E-state index contributed by atoms with van der Waals surface area (Å²) in [7, 11) is 0. The molecule has 1 aromatic heterocycles. The third-order valence-electron chi connectivity index (χ3n) is 2.17. The van der Waals surface area contributed by atoms with Crippen molar-refractivity contribution in [2.24, 2.45) is 0 Å². The molecular weight excluding hydrogens is 242 g/mol. The number of hydrogen-bond donors (Lipinski definition) is 3. The Kier molecular flexibility index (Phi) is 2.72. The molecule has 0 bridgehead atoms. The van der Waals surface area contributed by atoms with Crippen molar-refractivity contribution < 1.29 is 24.2 Å². The van der Waals surface area contributed by atoms with Gasteiger partial charge in [-0.25, -0.2) is 9.59 Å². The summed E-state index contributed by atoms with van der Waals surface area (Å²) < 4.78 is 4.81. The van der Waals surface area contributed by atoms with Crippen LogP contribution in [0.2, 0.25) is 0 Å². The molecule has 0 atom stereocenters. The zero-order valence-electron chi connectivity index (χ0n) is 8.84. The summed E-state index contributed by atoms with van der Waals surface area (Å²) in [5, 5.41) is 20.3. The van der Waals surface area contributed by atoms with Crippen LogP contribution in [-0.4, -0.2) is 22.1 Å². The predicted molar refractivity (Wildman–Crippen MR) is 60.4 cm³/mol. The summed E-state index contributed by atoms with van der Waals surface area (Å²) >= 11 is 0. The van der Waals surface area contributed by atoms with Gasteiger partial charge in [-0.3, -0.25) is 4.79 Å². The molecule has 3 N–H and O–H groups in total. The number of fused-ring (bicyclic) bond motifs is 1. The van der Waals surface area contributed by atoms with Crippen molar-refractivity contribution in [2.75, 3.05) is 5.32 Å². The maximum absolute atomic E-state index is 11.0. The van der Waals surface area contributed by atoms with Crippen LogP contribution < -0.4 is 10.9 Å². The van der Waals surface area contributed by atoms with E-state index in [0.717, 1.165) is 6.07 Å². The number of carboxylic acid groups (broad SMARTS) is 1. The Morgan fingerprint density at radius 2 is 1.94 bits per heavy atom. The van der Waals surface area contributed by atoms with Crippen LogP contribution in [0.25, 0.3) is 11.0 Å². The summed E-state index contributed by atoms with van der Waals surface area (Å²) in [6.45, 7) is 0. The summed E-state index contributed by atoms with van der Waals surface area (Å²) in [5.74, 6) is -3.10. The molecule has 1 aromatic carbocycles. The van der Waals surface area contributed by atoms with E-state index in [1.807, 2.05) is 0 Å². The van der Waals surface area contributed by atoms with Gasteiger partial charge in [-0.05, 0) is 12.1 Å². The molecule has 1 amide bonds. The van der Waals surface area contributed by atoms with Crippen molar-refractivity contribution in [3.63, 3.8) is 0 Å². The highest BCUT2D eigenvalue weighted by atomic mass is 16.4. The molecule has 0 unspecified atom stereocenters. The predicted octanol–water partition coefficient (Wildman–Crippen LogP) is 0.522. The average Bonchev–Trinajstić information content (AvgIpc) is 2.27. The maximum Gasteiger partial charge on any atom is 0.394 e. The Bertz CT molecular complexity index is 702. The number of rotatable bonds is 1. The van der Waals surface area contributed by atoms with Crippen LogP contribution in [0.4, 0.5) is 5.69 Å². The van der Waals surface area contributed by atoms with Gasteiger partial charge in [-0.2, -0.15) is 0 Å². The average molecular weight is 249 g/mol. The van der Waals surface area contributed by atoms with Crippen molar-refractivity contribution in [3.05, 3.63) is 34.7 Å². The summed E-state index contributed by atoms with van der Waals surface area (Å²) in [4.78, 5) is 32.3. The third-order valence-corrected chi connectivity index (χ3v) is 2.17. The number of aliphatic carboxylic acids is 1. The zero-order chi connectivity index (χ0) is 13.3. The fourth-order valence-electron chi connectivity index (χ4n) is 1.41. The highest BCUT2D eigenvalue weighted by Gasteiger charge is 2.12. The van der Waals surface area contributed by atoms with Gasteiger partial charge in [0.2, 0.25) is 0 Å². The monoisotopic (exact) mass is 249 g/mol. The van der Waals surface area contributed by atoms with Crippen LogP contribution in [0.1, 0.15) is 0 Å². The zero-order valence-corrected chi connectivity index (χ0v) is 8.84. The van der Waals surface area contributed by atoms with Gasteiger partial charge in [0.1, 0.15) is 11.3 Å². The maximum atomic E-state index is 11.0. The van der Waals surface area contributed by atoms with E-state index in [1.54, 1.807) is 0 Å². The van der Waals surface area contributed by atoms with Gasteiger partial charge in [-0.1, -0.05) is 0 Å². The molecule has 2 aromatic rings. The second kappa shape index (κ2) is 4.21. The number of anilines is 1. The molecule has 1 heterocycles. The number of nitrogens with one attached hydrogen (secondary N) is 1. The van der Waals surface area contributed by atoms with E-state index in [4.69, 9.17) is 9.52 Å². The molecule has 0 saturated carbocycles. The van der Waals surface area contributed by atoms with Crippen molar-refractivity contribution in [2.45, 2.75) is 0 Å². The van der Waals surface area contributed by atoms with E-state index in [9.17, 15) is 19.5 Å². The lowest BCUT2D eigenvalue weighted by atomic mass is 10.2.